The van der Waals surface area contributed by atoms with Crippen molar-refractivity contribution in [3.8, 4) is 22.4 Å². The second-order valence-electron chi connectivity index (χ2n) is 18.2. The smallest absolute Gasteiger partial charge is 0.241 e. The summed E-state index contributed by atoms with van der Waals surface area (Å²) in [5, 5.41) is 25.8. The Bertz CT molecular complexity index is 2660. The molecule has 1 unspecified atom stereocenters. The number of piperazine rings is 2. The van der Waals surface area contributed by atoms with Crippen molar-refractivity contribution < 1.29 is 19.5 Å². The number of carbonyl (C=O) groups is 3. The van der Waals surface area contributed by atoms with Crippen LogP contribution in [0.4, 0.5) is 11.5 Å². The van der Waals surface area contributed by atoms with Crippen LogP contribution < -0.4 is 15.5 Å². The van der Waals surface area contributed by atoms with Crippen LogP contribution in [-0.2, 0) is 27.9 Å². The van der Waals surface area contributed by atoms with Crippen molar-refractivity contribution in [3.63, 3.8) is 0 Å². The van der Waals surface area contributed by atoms with Crippen LogP contribution in [0.25, 0.3) is 38.9 Å². The summed E-state index contributed by atoms with van der Waals surface area (Å²) in [6.07, 6.45) is 7.71. The third-order valence-electron chi connectivity index (χ3n) is 13.7. The van der Waals surface area contributed by atoms with Gasteiger partial charge in [0.05, 0.1) is 41.7 Å². The van der Waals surface area contributed by atoms with Crippen LogP contribution in [0.5, 0.6) is 0 Å². The third kappa shape index (κ3) is 10.1. The van der Waals surface area contributed by atoms with E-state index in [2.05, 4.69) is 92.0 Å². The first-order chi connectivity index (χ1) is 32.2. The van der Waals surface area contributed by atoms with E-state index in [0.29, 0.717) is 25.1 Å². The average molecular weight is 894 g/mol. The van der Waals surface area contributed by atoms with Crippen molar-refractivity contribution in [2.75, 3.05) is 88.8 Å². The molecule has 0 radical (unpaired) electrons. The maximum absolute atomic E-state index is 13.2. The van der Waals surface area contributed by atoms with Crippen LogP contribution in [-0.4, -0.2) is 141 Å². The summed E-state index contributed by atoms with van der Waals surface area (Å²) in [5.74, 6) is 0.154. The van der Waals surface area contributed by atoms with Gasteiger partial charge in [-0.25, -0.2) is 4.98 Å². The van der Waals surface area contributed by atoms with Crippen LogP contribution in [0, 0.1) is 6.92 Å². The highest BCUT2D eigenvalue weighted by Gasteiger charge is 2.32. The molecule has 3 N–H and O–H groups in total. The molecule has 3 amide bonds. The second kappa shape index (κ2) is 20.6. The number of aliphatic hydroxyl groups is 1. The Hall–Kier alpha value is -6.16. The molecule has 6 aromatic rings. The third-order valence-corrected chi connectivity index (χ3v) is 13.7. The number of unbranched alkanes of at least 4 members (excludes halogenated alkanes) is 4. The highest BCUT2D eigenvalue weighted by atomic mass is 16.3. The second-order valence-corrected chi connectivity index (χ2v) is 18.2. The van der Waals surface area contributed by atoms with Crippen LogP contribution in [0.1, 0.15) is 67.8 Å². The molecule has 0 saturated carbocycles. The van der Waals surface area contributed by atoms with Crippen molar-refractivity contribution in [1.29, 1.82) is 0 Å². The minimum atomic E-state index is -0.451. The van der Waals surface area contributed by atoms with Gasteiger partial charge in [-0.2, -0.15) is 14.7 Å². The Morgan fingerprint density at radius 1 is 0.803 bits per heavy atom. The number of aromatic nitrogens is 5. The summed E-state index contributed by atoms with van der Waals surface area (Å²) >= 11 is 0. The first-order valence-electron chi connectivity index (χ1n) is 23.9. The highest BCUT2D eigenvalue weighted by Crippen LogP contribution is 2.35. The lowest BCUT2D eigenvalue weighted by atomic mass is 9.93. The average Bonchev–Trinajstić information content (AvgIpc) is 3.85. The van der Waals surface area contributed by atoms with E-state index in [1.807, 2.05) is 40.7 Å². The summed E-state index contributed by atoms with van der Waals surface area (Å²) in [6, 6.07) is 27.4. The van der Waals surface area contributed by atoms with E-state index >= 15 is 0 Å². The van der Waals surface area contributed by atoms with Crippen LogP contribution in [0.15, 0.2) is 78.9 Å². The van der Waals surface area contributed by atoms with E-state index in [9.17, 15) is 19.5 Å². The van der Waals surface area contributed by atoms with E-state index < -0.39 is 5.92 Å². The number of amides is 3. The van der Waals surface area contributed by atoms with Gasteiger partial charge in [-0.05, 0) is 68.5 Å². The minimum absolute atomic E-state index is 0.0897. The predicted octanol–water partition coefficient (Wildman–Crippen LogP) is 5.64. The SMILES string of the molecule is Cc1nn2c(N3CCN(CCO)CC3)cc(-c3ccccc3)nc2c1-c1cccc(CCCCCCCN2CCN(C(=O)CNc3ccc4c(C5CCC(=O)NC5=O)nn(C)c4c3)CC2)c1. The lowest BCUT2D eigenvalue weighted by Gasteiger charge is -2.35. The molecule has 0 aliphatic carbocycles. The highest BCUT2D eigenvalue weighted by molar-refractivity contribution is 6.02. The van der Waals surface area contributed by atoms with Crippen LogP contribution >= 0.6 is 0 Å². The molecule has 3 aliphatic rings. The minimum Gasteiger partial charge on any atom is -0.395 e. The van der Waals surface area contributed by atoms with Gasteiger partial charge in [0, 0.05) is 101 Å². The summed E-state index contributed by atoms with van der Waals surface area (Å²) in [4.78, 5) is 51.8. The summed E-state index contributed by atoms with van der Waals surface area (Å²) in [7, 11) is 1.85. The van der Waals surface area contributed by atoms with E-state index in [0.717, 1.165) is 128 Å². The van der Waals surface area contributed by atoms with E-state index in [-0.39, 0.29) is 30.9 Å². The van der Waals surface area contributed by atoms with Gasteiger partial charge in [-0.15, -0.1) is 0 Å². The zero-order chi connectivity index (χ0) is 45.6. The standard InChI is InChI=1S/C51H63N11O4/c1-36-48(50-53-43(38-14-8-6-9-15-38)34-46(62(50)55-36)60-26-22-59(23-27-60)30-31-63)39-16-11-13-37(32-39)12-7-4-3-5-10-21-58-24-28-61(29-25-58)47(65)35-52-40-17-18-41-44(33-40)57(2)56-49(41)42-19-20-45(64)54-51(42)66/h6,8-9,11,13-18,32-34,42,52,63H,3-5,7,10,12,19-31,35H2,1-2H3,(H,54,64,66). The molecular formula is C51H63N11O4. The molecule has 15 heteroatoms. The van der Waals surface area contributed by atoms with Gasteiger partial charge in [0.2, 0.25) is 17.7 Å². The molecule has 346 valence electrons. The fraction of sp³-hybridized carbons (Fsp3) is 0.451. The normalized spacial score (nSPS) is 17.5. The first-order valence-corrected chi connectivity index (χ1v) is 23.9. The van der Waals surface area contributed by atoms with Crippen LogP contribution in [0.2, 0.25) is 0 Å². The van der Waals surface area contributed by atoms with Crippen molar-refractivity contribution in [2.24, 2.45) is 7.05 Å². The first kappa shape index (κ1) is 45.0. The van der Waals surface area contributed by atoms with Gasteiger partial charge >= 0.3 is 0 Å². The summed E-state index contributed by atoms with van der Waals surface area (Å²) < 4.78 is 3.80. The number of nitrogens with zero attached hydrogens (tertiary/aromatic N) is 9. The van der Waals surface area contributed by atoms with Gasteiger partial charge in [0.15, 0.2) is 5.65 Å². The molecular weight excluding hydrogens is 831 g/mol. The lowest BCUT2D eigenvalue weighted by molar-refractivity contribution is -0.134. The predicted molar refractivity (Wildman–Crippen MR) is 258 cm³/mol. The summed E-state index contributed by atoms with van der Waals surface area (Å²) in [5.41, 5.74) is 9.82. The number of rotatable bonds is 17. The quantitative estimate of drug-likeness (QED) is 0.0770. The molecule has 0 spiro atoms. The molecule has 3 aromatic carbocycles. The van der Waals surface area contributed by atoms with E-state index in [1.54, 1.807) is 4.68 Å². The molecule has 0 bridgehead atoms. The summed E-state index contributed by atoms with van der Waals surface area (Å²) in [6.45, 7) is 11.0. The fourth-order valence-corrected chi connectivity index (χ4v) is 9.96. The van der Waals surface area contributed by atoms with E-state index in [1.165, 1.54) is 31.2 Å². The molecule has 1 atom stereocenters. The molecule has 3 saturated heterocycles. The maximum atomic E-state index is 13.2. The maximum Gasteiger partial charge on any atom is 0.241 e. The monoisotopic (exact) mass is 894 g/mol. The Balaban J connectivity index is 0.718. The molecule has 3 aromatic heterocycles. The number of imide groups is 1. The Labute approximate surface area is 386 Å². The molecule has 15 nitrogen and oxygen atoms in total. The van der Waals surface area contributed by atoms with Crippen molar-refractivity contribution in [1.82, 2.24) is 44.4 Å². The Morgan fingerprint density at radius 3 is 2.33 bits per heavy atom. The molecule has 66 heavy (non-hydrogen) atoms. The van der Waals surface area contributed by atoms with E-state index in [4.69, 9.17) is 10.1 Å². The van der Waals surface area contributed by atoms with Gasteiger partial charge in [-0.1, -0.05) is 73.9 Å². The number of carbonyl (C=O) groups excluding carboxylic acids is 3. The number of hydrogen-bond donors (Lipinski definition) is 3. The number of anilines is 2. The zero-order valence-corrected chi connectivity index (χ0v) is 38.4. The largest absolute Gasteiger partial charge is 0.395 e. The van der Waals surface area contributed by atoms with Gasteiger partial charge in [0.25, 0.3) is 0 Å². The number of fused-ring (bicyclic) bond motifs is 2. The number of β-amino-alcohol motifs (C(OH)–C–C–N with tert-alkyl or cyclic N) is 1. The fourth-order valence-electron chi connectivity index (χ4n) is 9.96. The number of aliphatic hydroxyl groups excluding tert-OH is 1. The number of benzene rings is 3. The molecule has 6 heterocycles. The molecule has 3 fully saturated rings. The number of piperidine rings is 1. The Morgan fingerprint density at radius 2 is 1.55 bits per heavy atom. The van der Waals surface area contributed by atoms with Crippen molar-refractivity contribution in [3.05, 3.63) is 95.8 Å². The topological polar surface area (TPSA) is 156 Å². The van der Waals surface area contributed by atoms with Crippen LogP contribution in [0.3, 0.4) is 0 Å². The van der Waals surface area contributed by atoms with Gasteiger partial charge < -0.3 is 20.2 Å². The zero-order valence-electron chi connectivity index (χ0n) is 38.4. The van der Waals surface area contributed by atoms with Crippen molar-refractivity contribution in [2.45, 2.75) is 64.2 Å². The molecule has 3 aliphatic heterocycles. The van der Waals surface area contributed by atoms with Gasteiger partial charge in [-0.3, -0.25) is 34.2 Å². The molecule has 9 rings (SSSR count). The Kier molecular flexibility index (Phi) is 14.0. The number of aryl methyl sites for hydroxylation is 3. The number of nitrogens with one attached hydrogen (secondary N) is 2. The lowest BCUT2D eigenvalue weighted by Crippen LogP contribution is -2.50. The van der Waals surface area contributed by atoms with Crippen molar-refractivity contribution >= 4 is 45.8 Å². The van der Waals surface area contributed by atoms with Gasteiger partial charge in [0.1, 0.15) is 5.82 Å². The number of hydrogen-bond acceptors (Lipinski definition) is 11.